The van der Waals surface area contributed by atoms with Crippen LogP contribution in [0.15, 0.2) is 78.2 Å². The van der Waals surface area contributed by atoms with Gasteiger partial charge in [-0.15, -0.1) is 11.3 Å². The van der Waals surface area contributed by atoms with Crippen molar-refractivity contribution in [3.8, 4) is 0 Å². The second kappa shape index (κ2) is 13.7. The monoisotopic (exact) mass is 547 g/mol. The molecular formula is C30H33N3O5S. The second-order valence-corrected chi connectivity index (χ2v) is 10.6. The summed E-state index contributed by atoms with van der Waals surface area (Å²) in [4.78, 5) is 57.6. The molecule has 1 aliphatic rings. The van der Waals surface area contributed by atoms with Crippen LogP contribution in [0.2, 0.25) is 0 Å². The van der Waals surface area contributed by atoms with Crippen molar-refractivity contribution in [1.29, 1.82) is 0 Å². The third-order valence-corrected chi connectivity index (χ3v) is 7.78. The lowest BCUT2D eigenvalue weighted by molar-refractivity contribution is -0.158. The van der Waals surface area contributed by atoms with Gasteiger partial charge in [0.1, 0.15) is 6.04 Å². The molecule has 9 heteroatoms. The van der Waals surface area contributed by atoms with Crippen LogP contribution in [-0.4, -0.2) is 75.7 Å². The first-order valence-electron chi connectivity index (χ1n) is 13.1. The standard InChI is InChI=1S/C30H33N3O5S/c34-27(31(17-15-29(36)37)21-24-10-5-2-6-11-24)20-26-30(38)32(16-13-23-8-3-1-4-9-23)22-28(35)33(26)18-14-25-12-7-19-39-25/h1-12,19,26H,13-18,20-22H2,(H,36,37). The van der Waals surface area contributed by atoms with Gasteiger partial charge in [0, 0.05) is 31.1 Å². The van der Waals surface area contributed by atoms with Crippen molar-refractivity contribution in [2.24, 2.45) is 0 Å². The minimum absolute atomic E-state index is 0.0187. The summed E-state index contributed by atoms with van der Waals surface area (Å²) in [6.45, 7) is 0.946. The number of amides is 3. The molecule has 39 heavy (non-hydrogen) atoms. The third kappa shape index (κ3) is 8.00. The van der Waals surface area contributed by atoms with Gasteiger partial charge in [0.15, 0.2) is 0 Å². The van der Waals surface area contributed by atoms with Crippen LogP contribution < -0.4 is 0 Å². The summed E-state index contributed by atoms with van der Waals surface area (Å²) in [5.74, 6) is -1.79. The fourth-order valence-electron chi connectivity index (χ4n) is 4.73. The zero-order valence-electron chi connectivity index (χ0n) is 21.8. The van der Waals surface area contributed by atoms with E-state index in [9.17, 15) is 24.3 Å². The van der Waals surface area contributed by atoms with Crippen molar-refractivity contribution in [3.63, 3.8) is 0 Å². The van der Waals surface area contributed by atoms with Crippen LogP contribution in [0.1, 0.15) is 28.8 Å². The SMILES string of the molecule is O=C(O)CCN(Cc1ccccc1)C(=O)CC1C(=O)N(CCc2ccccc2)CC(=O)N1CCc1cccs1. The summed E-state index contributed by atoms with van der Waals surface area (Å²) < 4.78 is 0. The maximum absolute atomic E-state index is 13.7. The average Bonchev–Trinajstić information content (AvgIpc) is 3.46. The smallest absolute Gasteiger partial charge is 0.305 e. The molecule has 1 aromatic heterocycles. The average molecular weight is 548 g/mol. The Morgan fingerprint density at radius 2 is 1.59 bits per heavy atom. The van der Waals surface area contributed by atoms with Crippen molar-refractivity contribution in [3.05, 3.63) is 94.2 Å². The maximum atomic E-state index is 13.7. The number of carboxylic acid groups (broad SMARTS) is 1. The molecule has 0 radical (unpaired) electrons. The van der Waals surface area contributed by atoms with Gasteiger partial charge in [0.05, 0.1) is 19.4 Å². The molecule has 1 unspecified atom stereocenters. The van der Waals surface area contributed by atoms with Gasteiger partial charge in [-0.25, -0.2) is 0 Å². The van der Waals surface area contributed by atoms with Crippen molar-refractivity contribution >= 4 is 35.0 Å². The minimum Gasteiger partial charge on any atom is -0.481 e. The first-order chi connectivity index (χ1) is 18.9. The zero-order chi connectivity index (χ0) is 27.6. The second-order valence-electron chi connectivity index (χ2n) is 9.58. The van der Waals surface area contributed by atoms with E-state index in [1.54, 1.807) is 16.2 Å². The molecule has 0 saturated carbocycles. The highest BCUT2D eigenvalue weighted by Crippen LogP contribution is 2.21. The lowest BCUT2D eigenvalue weighted by Gasteiger charge is -2.40. The minimum atomic E-state index is -1.01. The molecule has 1 N–H and O–H groups in total. The van der Waals surface area contributed by atoms with Gasteiger partial charge in [-0.3, -0.25) is 19.2 Å². The number of carbonyl (C=O) groups is 4. The number of thiophene rings is 1. The molecule has 4 rings (SSSR count). The number of nitrogens with zero attached hydrogens (tertiary/aromatic N) is 3. The van der Waals surface area contributed by atoms with E-state index in [0.717, 1.165) is 16.0 Å². The van der Waals surface area contributed by atoms with Gasteiger partial charge in [-0.2, -0.15) is 0 Å². The summed E-state index contributed by atoms with van der Waals surface area (Å²) in [7, 11) is 0. The summed E-state index contributed by atoms with van der Waals surface area (Å²) in [6.07, 6.45) is 0.803. The van der Waals surface area contributed by atoms with E-state index in [4.69, 9.17) is 0 Å². The summed E-state index contributed by atoms with van der Waals surface area (Å²) in [5.41, 5.74) is 1.93. The fourth-order valence-corrected chi connectivity index (χ4v) is 5.43. The molecule has 3 amide bonds. The molecule has 1 aliphatic heterocycles. The van der Waals surface area contributed by atoms with Crippen LogP contribution in [0.4, 0.5) is 0 Å². The summed E-state index contributed by atoms with van der Waals surface area (Å²) in [6, 6.07) is 22.1. The Hall–Kier alpha value is -3.98. The van der Waals surface area contributed by atoms with Crippen LogP contribution in [0.25, 0.3) is 0 Å². The molecule has 1 atom stereocenters. The van der Waals surface area contributed by atoms with Crippen molar-refractivity contribution in [2.45, 2.75) is 38.3 Å². The highest BCUT2D eigenvalue weighted by atomic mass is 32.1. The first-order valence-corrected chi connectivity index (χ1v) is 14.0. The van der Waals surface area contributed by atoms with Gasteiger partial charge in [-0.1, -0.05) is 66.7 Å². The van der Waals surface area contributed by atoms with E-state index < -0.39 is 12.0 Å². The summed E-state index contributed by atoms with van der Waals surface area (Å²) >= 11 is 1.59. The van der Waals surface area contributed by atoms with Gasteiger partial charge in [-0.05, 0) is 35.4 Å². The van der Waals surface area contributed by atoms with Crippen LogP contribution in [0.3, 0.4) is 0 Å². The van der Waals surface area contributed by atoms with E-state index in [1.165, 1.54) is 9.80 Å². The highest BCUT2D eigenvalue weighted by Gasteiger charge is 2.40. The maximum Gasteiger partial charge on any atom is 0.305 e. The number of aliphatic carboxylic acids is 1. The number of rotatable bonds is 13. The fraction of sp³-hybridized carbons (Fsp3) is 0.333. The lowest BCUT2D eigenvalue weighted by Crippen LogP contribution is -2.61. The van der Waals surface area contributed by atoms with Crippen LogP contribution in [0, 0.1) is 0 Å². The van der Waals surface area contributed by atoms with E-state index in [-0.39, 0.29) is 50.2 Å². The van der Waals surface area contributed by atoms with E-state index in [2.05, 4.69) is 0 Å². The molecule has 2 heterocycles. The normalized spacial score (nSPS) is 15.4. The topological polar surface area (TPSA) is 98.2 Å². The third-order valence-electron chi connectivity index (χ3n) is 6.84. The lowest BCUT2D eigenvalue weighted by atomic mass is 10.0. The number of carboxylic acids is 1. The molecule has 204 valence electrons. The Morgan fingerprint density at radius 1 is 0.897 bits per heavy atom. The molecule has 0 spiro atoms. The Bertz CT molecular complexity index is 1250. The number of benzene rings is 2. The molecule has 0 aliphatic carbocycles. The predicted octanol–water partition coefficient (Wildman–Crippen LogP) is 3.47. The Balaban J connectivity index is 1.52. The highest BCUT2D eigenvalue weighted by molar-refractivity contribution is 7.09. The Morgan fingerprint density at radius 3 is 2.23 bits per heavy atom. The van der Waals surface area contributed by atoms with Gasteiger partial charge < -0.3 is 19.8 Å². The van der Waals surface area contributed by atoms with Gasteiger partial charge >= 0.3 is 5.97 Å². The Labute approximate surface area is 232 Å². The molecule has 1 fully saturated rings. The molecule has 2 aromatic carbocycles. The molecule has 3 aromatic rings. The van der Waals surface area contributed by atoms with Crippen molar-refractivity contribution < 1.29 is 24.3 Å². The Kier molecular flexibility index (Phi) is 9.85. The largest absolute Gasteiger partial charge is 0.481 e. The van der Waals surface area contributed by atoms with E-state index in [0.29, 0.717) is 25.9 Å². The molecule has 0 bridgehead atoms. The number of piperazine rings is 1. The quantitative estimate of drug-likeness (QED) is 0.353. The van der Waals surface area contributed by atoms with Crippen LogP contribution >= 0.6 is 11.3 Å². The predicted molar refractivity (Wildman–Crippen MR) is 149 cm³/mol. The molecule has 8 nitrogen and oxygen atoms in total. The van der Waals surface area contributed by atoms with Crippen LogP contribution in [0.5, 0.6) is 0 Å². The van der Waals surface area contributed by atoms with Crippen molar-refractivity contribution in [1.82, 2.24) is 14.7 Å². The molecular weight excluding hydrogens is 514 g/mol. The van der Waals surface area contributed by atoms with Gasteiger partial charge in [0.25, 0.3) is 0 Å². The first kappa shape index (κ1) is 28.0. The van der Waals surface area contributed by atoms with E-state index >= 15 is 0 Å². The van der Waals surface area contributed by atoms with Gasteiger partial charge in [0.2, 0.25) is 17.7 Å². The van der Waals surface area contributed by atoms with Crippen molar-refractivity contribution in [2.75, 3.05) is 26.2 Å². The number of carbonyl (C=O) groups excluding carboxylic acids is 3. The molecule has 1 saturated heterocycles. The number of hydrogen-bond donors (Lipinski definition) is 1. The number of hydrogen-bond acceptors (Lipinski definition) is 5. The summed E-state index contributed by atoms with van der Waals surface area (Å²) in [5, 5.41) is 11.2. The van der Waals surface area contributed by atoms with Crippen LogP contribution in [-0.2, 0) is 38.6 Å². The van der Waals surface area contributed by atoms with E-state index in [1.807, 2.05) is 78.2 Å². The zero-order valence-corrected chi connectivity index (χ0v) is 22.6.